The van der Waals surface area contributed by atoms with Crippen LogP contribution in [-0.2, 0) is 11.2 Å². The number of esters is 1. The average Bonchev–Trinajstić information content (AvgIpc) is 2.58. The van der Waals surface area contributed by atoms with Crippen molar-refractivity contribution in [1.29, 1.82) is 0 Å². The minimum absolute atomic E-state index is 0.330. The molecule has 0 fully saturated rings. The minimum atomic E-state index is -0.330. The summed E-state index contributed by atoms with van der Waals surface area (Å²) < 4.78 is 15.9. The van der Waals surface area contributed by atoms with Crippen molar-refractivity contribution in [3.63, 3.8) is 0 Å². The fourth-order valence-corrected chi connectivity index (χ4v) is 2.74. The summed E-state index contributed by atoms with van der Waals surface area (Å²) in [6.45, 7) is 2.13. The predicted molar refractivity (Wildman–Crippen MR) is 92.0 cm³/mol. The Morgan fingerprint density at radius 1 is 1.13 bits per heavy atom. The molecule has 0 unspecified atom stereocenters. The van der Waals surface area contributed by atoms with Crippen LogP contribution in [0.4, 0.5) is 0 Å². The van der Waals surface area contributed by atoms with Crippen LogP contribution >= 0.6 is 11.6 Å². The van der Waals surface area contributed by atoms with Crippen LogP contribution < -0.4 is 9.47 Å². The Labute approximate surface area is 141 Å². The van der Waals surface area contributed by atoms with E-state index in [1.165, 1.54) is 0 Å². The molecule has 23 heavy (non-hydrogen) atoms. The number of carbonyl (C=O) groups is 1. The summed E-state index contributed by atoms with van der Waals surface area (Å²) in [6.07, 6.45) is 1.58. The molecule has 0 aliphatic rings. The number of aryl methyl sites for hydroxylation is 1. The van der Waals surface area contributed by atoms with Crippen molar-refractivity contribution in [3.8, 4) is 11.5 Å². The largest absolute Gasteiger partial charge is 0.497 e. The maximum Gasteiger partial charge on any atom is 0.338 e. The zero-order valence-corrected chi connectivity index (χ0v) is 14.4. The maximum absolute atomic E-state index is 12.1. The van der Waals surface area contributed by atoms with Gasteiger partial charge in [0.05, 0.1) is 26.4 Å². The summed E-state index contributed by atoms with van der Waals surface area (Å²) in [5, 5.41) is 1.86. The van der Waals surface area contributed by atoms with E-state index in [0.717, 1.165) is 34.9 Å². The Kier molecular flexibility index (Phi) is 6.11. The topological polar surface area (TPSA) is 44.8 Å². The standard InChI is InChI=1S/C18H21ClO4/c1-4-23-18(20)14-8-12(6-5-7-19)17-13(9-14)10-15(21-2)11-16(17)22-3/h8-11H,4-7H2,1-3H3. The van der Waals surface area contributed by atoms with Crippen LogP contribution in [0.25, 0.3) is 10.8 Å². The SMILES string of the molecule is CCOC(=O)c1cc(CCCCl)c2c(OC)cc(OC)cc2c1. The average molecular weight is 337 g/mol. The van der Waals surface area contributed by atoms with Gasteiger partial charge in [-0.05, 0) is 48.9 Å². The highest BCUT2D eigenvalue weighted by Gasteiger charge is 2.15. The molecule has 0 amide bonds. The Morgan fingerprint density at radius 2 is 1.91 bits per heavy atom. The number of rotatable bonds is 7. The lowest BCUT2D eigenvalue weighted by Gasteiger charge is -2.14. The normalized spacial score (nSPS) is 10.6. The number of ether oxygens (including phenoxy) is 3. The Bertz CT molecular complexity index is 697. The molecule has 2 rings (SSSR count). The third-order valence-electron chi connectivity index (χ3n) is 3.61. The smallest absolute Gasteiger partial charge is 0.338 e. The first-order valence-corrected chi connectivity index (χ1v) is 8.09. The Hall–Kier alpha value is -1.94. The molecule has 2 aromatic rings. The molecule has 0 bridgehead atoms. The number of hydrogen-bond acceptors (Lipinski definition) is 4. The molecule has 0 saturated carbocycles. The van der Waals surface area contributed by atoms with Crippen LogP contribution in [0.15, 0.2) is 24.3 Å². The first-order chi connectivity index (χ1) is 11.1. The number of carbonyl (C=O) groups excluding carboxylic acids is 1. The van der Waals surface area contributed by atoms with Crippen molar-refractivity contribution in [3.05, 3.63) is 35.4 Å². The molecular weight excluding hydrogens is 316 g/mol. The summed E-state index contributed by atoms with van der Waals surface area (Å²) in [5.74, 6) is 1.63. The summed E-state index contributed by atoms with van der Waals surface area (Å²) in [4.78, 5) is 12.1. The lowest BCUT2D eigenvalue weighted by Crippen LogP contribution is -2.06. The third-order valence-corrected chi connectivity index (χ3v) is 3.88. The molecule has 4 nitrogen and oxygen atoms in total. The molecule has 0 aliphatic carbocycles. The van der Waals surface area contributed by atoms with Gasteiger partial charge in [0, 0.05) is 17.3 Å². The zero-order chi connectivity index (χ0) is 16.8. The summed E-state index contributed by atoms with van der Waals surface area (Å²) in [7, 11) is 3.23. The number of fused-ring (bicyclic) bond motifs is 1. The molecule has 0 N–H and O–H groups in total. The van der Waals surface area contributed by atoms with E-state index in [1.807, 2.05) is 24.3 Å². The van der Waals surface area contributed by atoms with Crippen molar-refractivity contribution < 1.29 is 19.0 Å². The van der Waals surface area contributed by atoms with E-state index in [0.29, 0.717) is 23.8 Å². The quantitative estimate of drug-likeness (QED) is 0.561. The van der Waals surface area contributed by atoms with Gasteiger partial charge >= 0.3 is 5.97 Å². The Morgan fingerprint density at radius 3 is 2.52 bits per heavy atom. The van der Waals surface area contributed by atoms with Crippen molar-refractivity contribution in [1.82, 2.24) is 0 Å². The van der Waals surface area contributed by atoms with Gasteiger partial charge in [-0.15, -0.1) is 11.6 Å². The first kappa shape index (κ1) is 17.4. The minimum Gasteiger partial charge on any atom is -0.497 e. The van der Waals surface area contributed by atoms with E-state index in [-0.39, 0.29) is 5.97 Å². The second-order valence-electron chi connectivity index (χ2n) is 5.08. The second-order valence-corrected chi connectivity index (χ2v) is 5.45. The van der Waals surface area contributed by atoms with Gasteiger partial charge in [0.15, 0.2) is 0 Å². The lowest BCUT2D eigenvalue weighted by molar-refractivity contribution is 0.0526. The maximum atomic E-state index is 12.1. The van der Waals surface area contributed by atoms with E-state index in [9.17, 15) is 4.79 Å². The number of halogens is 1. The first-order valence-electron chi connectivity index (χ1n) is 7.56. The van der Waals surface area contributed by atoms with Gasteiger partial charge in [-0.1, -0.05) is 0 Å². The Balaban J connectivity index is 2.66. The monoisotopic (exact) mass is 336 g/mol. The van der Waals surface area contributed by atoms with Gasteiger partial charge < -0.3 is 14.2 Å². The van der Waals surface area contributed by atoms with Crippen LogP contribution in [-0.4, -0.2) is 32.7 Å². The van der Waals surface area contributed by atoms with Gasteiger partial charge in [0.25, 0.3) is 0 Å². The van der Waals surface area contributed by atoms with E-state index in [2.05, 4.69) is 0 Å². The molecule has 5 heteroatoms. The van der Waals surface area contributed by atoms with E-state index < -0.39 is 0 Å². The molecule has 0 heterocycles. The summed E-state index contributed by atoms with van der Waals surface area (Å²) in [6, 6.07) is 7.41. The molecule has 0 atom stereocenters. The predicted octanol–water partition coefficient (Wildman–Crippen LogP) is 4.21. The number of alkyl halides is 1. The number of benzene rings is 2. The van der Waals surface area contributed by atoms with Crippen LogP contribution in [0.1, 0.15) is 29.3 Å². The van der Waals surface area contributed by atoms with E-state index in [1.54, 1.807) is 21.1 Å². The highest BCUT2D eigenvalue weighted by molar-refractivity contribution is 6.17. The summed E-state index contributed by atoms with van der Waals surface area (Å²) in [5.41, 5.74) is 1.55. The van der Waals surface area contributed by atoms with Gasteiger partial charge in [0.1, 0.15) is 11.5 Å². The fourth-order valence-electron chi connectivity index (χ4n) is 2.60. The molecule has 2 aromatic carbocycles. The molecule has 0 saturated heterocycles. The van der Waals surface area contributed by atoms with Crippen LogP contribution in [0.5, 0.6) is 11.5 Å². The van der Waals surface area contributed by atoms with Crippen molar-refractivity contribution >= 4 is 28.3 Å². The van der Waals surface area contributed by atoms with Crippen molar-refractivity contribution in [2.75, 3.05) is 26.7 Å². The molecular formula is C18H21ClO4. The lowest BCUT2D eigenvalue weighted by atomic mass is 9.96. The van der Waals surface area contributed by atoms with Crippen LogP contribution in [0, 0.1) is 0 Å². The molecule has 0 spiro atoms. The molecule has 0 aromatic heterocycles. The fraction of sp³-hybridized carbons (Fsp3) is 0.389. The van der Waals surface area contributed by atoms with E-state index >= 15 is 0 Å². The van der Waals surface area contributed by atoms with E-state index in [4.69, 9.17) is 25.8 Å². The van der Waals surface area contributed by atoms with Crippen molar-refractivity contribution in [2.45, 2.75) is 19.8 Å². The summed E-state index contributed by atoms with van der Waals surface area (Å²) >= 11 is 5.83. The molecule has 0 aliphatic heterocycles. The zero-order valence-electron chi connectivity index (χ0n) is 13.6. The molecule has 0 radical (unpaired) electrons. The second kappa shape index (κ2) is 8.06. The third kappa shape index (κ3) is 3.88. The molecule has 124 valence electrons. The number of methoxy groups -OCH3 is 2. The number of hydrogen-bond donors (Lipinski definition) is 0. The van der Waals surface area contributed by atoms with Crippen molar-refractivity contribution in [2.24, 2.45) is 0 Å². The highest BCUT2D eigenvalue weighted by Crippen LogP contribution is 2.35. The highest BCUT2D eigenvalue weighted by atomic mass is 35.5. The van der Waals surface area contributed by atoms with Gasteiger partial charge in [-0.2, -0.15) is 0 Å². The van der Waals surface area contributed by atoms with Crippen LogP contribution in [0.2, 0.25) is 0 Å². The van der Waals surface area contributed by atoms with Gasteiger partial charge in [0.2, 0.25) is 0 Å². The van der Waals surface area contributed by atoms with Crippen LogP contribution in [0.3, 0.4) is 0 Å². The van der Waals surface area contributed by atoms with Gasteiger partial charge in [-0.3, -0.25) is 0 Å². The van der Waals surface area contributed by atoms with Gasteiger partial charge in [-0.25, -0.2) is 4.79 Å².